The van der Waals surface area contributed by atoms with E-state index in [0.717, 1.165) is 0 Å². The van der Waals surface area contributed by atoms with Crippen molar-refractivity contribution in [2.45, 2.75) is 12.5 Å². The molecule has 3 rings (SSSR count). The van der Waals surface area contributed by atoms with E-state index < -0.39 is 12.1 Å². The zero-order valence-corrected chi connectivity index (χ0v) is 14.0. The van der Waals surface area contributed by atoms with E-state index >= 15 is 0 Å². The first-order valence-corrected chi connectivity index (χ1v) is 7.77. The van der Waals surface area contributed by atoms with Crippen LogP contribution in [0.5, 0.6) is 11.5 Å². The number of rotatable bonds is 4. The number of carbonyl (C=O) groups is 2. The summed E-state index contributed by atoms with van der Waals surface area (Å²) in [6.45, 7) is 0. The lowest BCUT2D eigenvalue weighted by Crippen LogP contribution is -2.24. The average Bonchev–Trinajstić information content (AvgIpc) is 3.02. The van der Waals surface area contributed by atoms with Gasteiger partial charge in [0.05, 0.1) is 12.1 Å². The van der Waals surface area contributed by atoms with Gasteiger partial charge in [0.25, 0.3) is 0 Å². The molecular formula is C17H12Cl2O5. The van der Waals surface area contributed by atoms with Crippen molar-refractivity contribution in [2.24, 2.45) is 0 Å². The number of benzene rings is 2. The Kier molecular flexibility index (Phi) is 4.39. The molecule has 1 aliphatic heterocycles. The van der Waals surface area contributed by atoms with Crippen molar-refractivity contribution in [1.29, 1.82) is 0 Å². The summed E-state index contributed by atoms with van der Waals surface area (Å²) in [6.07, 6.45) is -0.898. The third-order valence-electron chi connectivity index (χ3n) is 3.78. The molecule has 0 amide bonds. The minimum Gasteiger partial charge on any atom is -0.497 e. The molecule has 7 heteroatoms. The van der Waals surface area contributed by atoms with Crippen molar-refractivity contribution in [3.8, 4) is 11.5 Å². The second kappa shape index (κ2) is 6.34. The summed E-state index contributed by atoms with van der Waals surface area (Å²) >= 11 is 12.4. The number of hydrogen-bond donors (Lipinski definition) is 1. The van der Waals surface area contributed by atoms with Crippen LogP contribution in [-0.4, -0.2) is 30.1 Å². The van der Waals surface area contributed by atoms with Gasteiger partial charge in [-0.05, 0) is 30.3 Å². The first-order valence-electron chi connectivity index (χ1n) is 7.01. The van der Waals surface area contributed by atoms with Crippen molar-refractivity contribution >= 4 is 35.0 Å². The number of halogens is 2. The number of methoxy groups -OCH3 is 1. The molecule has 0 saturated carbocycles. The van der Waals surface area contributed by atoms with Gasteiger partial charge in [-0.2, -0.15) is 0 Å². The molecule has 0 aromatic heterocycles. The van der Waals surface area contributed by atoms with Crippen LogP contribution < -0.4 is 9.47 Å². The Labute approximate surface area is 147 Å². The number of hydrogen-bond acceptors (Lipinski definition) is 4. The van der Waals surface area contributed by atoms with Crippen LogP contribution in [0.25, 0.3) is 0 Å². The molecule has 2 aromatic rings. The minimum atomic E-state index is -1.10. The van der Waals surface area contributed by atoms with E-state index in [-0.39, 0.29) is 33.6 Å². The molecule has 0 bridgehead atoms. The molecule has 1 aliphatic rings. The van der Waals surface area contributed by atoms with Crippen molar-refractivity contribution in [2.75, 3.05) is 7.11 Å². The van der Waals surface area contributed by atoms with Crippen molar-refractivity contribution in [3.63, 3.8) is 0 Å². The molecule has 5 nitrogen and oxygen atoms in total. The SMILES string of the molecule is COc1ccc(C(=O)c2cc3c(c(Cl)c2Cl)OC(C(=O)O)C3)cc1. The van der Waals surface area contributed by atoms with Gasteiger partial charge in [-0.3, -0.25) is 4.79 Å². The lowest BCUT2D eigenvalue weighted by Gasteiger charge is -2.10. The first kappa shape index (κ1) is 16.6. The molecule has 1 unspecified atom stereocenters. The summed E-state index contributed by atoms with van der Waals surface area (Å²) < 4.78 is 10.4. The molecule has 124 valence electrons. The highest BCUT2D eigenvalue weighted by Crippen LogP contribution is 2.43. The molecule has 0 saturated heterocycles. The van der Waals surface area contributed by atoms with E-state index in [1.807, 2.05) is 0 Å². The first-order chi connectivity index (χ1) is 11.4. The zero-order valence-electron chi connectivity index (χ0n) is 12.5. The van der Waals surface area contributed by atoms with Crippen molar-refractivity contribution in [1.82, 2.24) is 0 Å². The van der Waals surface area contributed by atoms with E-state index in [9.17, 15) is 9.59 Å². The predicted molar refractivity (Wildman–Crippen MR) is 88.6 cm³/mol. The molecule has 1 heterocycles. The number of carboxylic acids is 1. The summed E-state index contributed by atoms with van der Waals surface area (Å²) in [5, 5.41) is 9.17. The smallest absolute Gasteiger partial charge is 0.345 e. The number of ketones is 1. The molecule has 0 radical (unpaired) electrons. The monoisotopic (exact) mass is 366 g/mol. The molecule has 0 aliphatic carbocycles. The molecule has 24 heavy (non-hydrogen) atoms. The van der Waals surface area contributed by atoms with E-state index in [2.05, 4.69) is 0 Å². The Morgan fingerprint density at radius 2 is 1.88 bits per heavy atom. The van der Waals surface area contributed by atoms with Gasteiger partial charge in [0.2, 0.25) is 0 Å². The molecule has 1 N–H and O–H groups in total. The van der Waals surface area contributed by atoms with Crippen LogP contribution in [0.15, 0.2) is 30.3 Å². The van der Waals surface area contributed by atoms with E-state index in [0.29, 0.717) is 16.9 Å². The van der Waals surface area contributed by atoms with Crippen LogP contribution in [0.4, 0.5) is 0 Å². The minimum absolute atomic E-state index is 0.0438. The van der Waals surface area contributed by atoms with Gasteiger partial charge in [-0.1, -0.05) is 23.2 Å². The molecule has 2 aromatic carbocycles. The summed E-state index contributed by atoms with van der Waals surface area (Å²) in [5.41, 5.74) is 1.18. The van der Waals surface area contributed by atoms with Crippen LogP contribution >= 0.6 is 23.2 Å². The molecule has 1 atom stereocenters. The number of carbonyl (C=O) groups excluding carboxylic acids is 1. The Bertz CT molecular complexity index is 830. The maximum absolute atomic E-state index is 12.7. The van der Waals surface area contributed by atoms with Crippen molar-refractivity contribution in [3.05, 3.63) is 57.1 Å². The Morgan fingerprint density at radius 1 is 1.21 bits per heavy atom. The van der Waals surface area contributed by atoms with Crippen LogP contribution in [0.2, 0.25) is 10.0 Å². The van der Waals surface area contributed by atoms with E-state index in [1.165, 1.54) is 7.11 Å². The van der Waals surface area contributed by atoms with Gasteiger partial charge in [-0.15, -0.1) is 0 Å². The highest BCUT2D eigenvalue weighted by atomic mass is 35.5. The fourth-order valence-corrected chi connectivity index (χ4v) is 3.02. The Balaban J connectivity index is 2.00. The van der Waals surface area contributed by atoms with Crippen molar-refractivity contribution < 1.29 is 24.2 Å². The van der Waals surface area contributed by atoms with Crippen LogP contribution in [-0.2, 0) is 11.2 Å². The lowest BCUT2D eigenvalue weighted by molar-refractivity contribution is -0.144. The van der Waals surface area contributed by atoms with Gasteiger partial charge in [0.15, 0.2) is 11.9 Å². The number of ether oxygens (including phenoxy) is 2. The van der Waals surface area contributed by atoms with Crippen LogP contribution in [0.3, 0.4) is 0 Å². The number of fused-ring (bicyclic) bond motifs is 1. The van der Waals surface area contributed by atoms with E-state index in [4.69, 9.17) is 37.8 Å². The third kappa shape index (κ3) is 2.81. The zero-order chi connectivity index (χ0) is 17.4. The standard InChI is InChI=1S/C17H12Cl2O5/c1-23-10-4-2-8(3-5-10)15(20)11-6-9-7-12(17(21)22)24-16(9)14(19)13(11)18/h2-6,12H,7H2,1H3,(H,21,22). The largest absolute Gasteiger partial charge is 0.497 e. The summed E-state index contributed by atoms with van der Waals surface area (Å²) in [6, 6.07) is 8.11. The predicted octanol–water partition coefficient (Wildman–Crippen LogP) is 3.62. The topological polar surface area (TPSA) is 72.8 Å². The highest BCUT2D eigenvalue weighted by molar-refractivity contribution is 6.45. The average molecular weight is 367 g/mol. The second-order valence-electron chi connectivity index (χ2n) is 5.25. The second-order valence-corrected chi connectivity index (χ2v) is 6.00. The van der Waals surface area contributed by atoms with Gasteiger partial charge in [0, 0.05) is 23.1 Å². The highest BCUT2D eigenvalue weighted by Gasteiger charge is 2.33. The maximum atomic E-state index is 12.7. The number of carboxylic acid groups (broad SMARTS) is 1. The summed E-state index contributed by atoms with van der Waals surface area (Å²) in [5.74, 6) is -0.560. The van der Waals surface area contributed by atoms with Gasteiger partial charge in [-0.25, -0.2) is 4.79 Å². The fourth-order valence-electron chi connectivity index (χ4n) is 2.53. The Hall–Kier alpha value is -2.24. The summed E-state index contributed by atoms with van der Waals surface area (Å²) in [7, 11) is 1.53. The Morgan fingerprint density at radius 3 is 2.46 bits per heavy atom. The molecular weight excluding hydrogens is 355 g/mol. The third-order valence-corrected chi connectivity index (χ3v) is 4.63. The van der Waals surface area contributed by atoms with Gasteiger partial charge in [0.1, 0.15) is 16.5 Å². The van der Waals surface area contributed by atoms with Gasteiger partial charge < -0.3 is 14.6 Å². The van der Waals surface area contributed by atoms with E-state index in [1.54, 1.807) is 30.3 Å². The van der Waals surface area contributed by atoms with Gasteiger partial charge >= 0.3 is 5.97 Å². The number of aliphatic carboxylic acids is 1. The maximum Gasteiger partial charge on any atom is 0.345 e. The van der Waals surface area contributed by atoms with Crippen LogP contribution in [0.1, 0.15) is 21.5 Å². The molecule has 0 spiro atoms. The quantitative estimate of drug-likeness (QED) is 0.836. The normalized spacial score (nSPS) is 15.5. The molecule has 0 fully saturated rings. The van der Waals surface area contributed by atoms with Crippen LogP contribution in [0, 0.1) is 0 Å². The summed E-state index contributed by atoms with van der Waals surface area (Å²) in [4.78, 5) is 23.8. The lowest BCUT2D eigenvalue weighted by atomic mass is 9.99. The fraction of sp³-hybridized carbons (Fsp3) is 0.176.